The number of nitrogens with two attached hydrogens (primary N) is 1. The fraction of sp³-hybridized carbons (Fsp3) is 0.333. The lowest BCUT2D eigenvalue weighted by atomic mass is 10.1. The molecular formula is C15H19N7. The number of nitrogens with zero attached hydrogens (tertiary/aromatic N) is 5. The van der Waals surface area contributed by atoms with Gasteiger partial charge in [0.1, 0.15) is 17.5 Å². The Morgan fingerprint density at radius 2 is 2.18 bits per heavy atom. The van der Waals surface area contributed by atoms with E-state index in [9.17, 15) is 0 Å². The van der Waals surface area contributed by atoms with Gasteiger partial charge in [0.15, 0.2) is 0 Å². The smallest absolute Gasteiger partial charge is 0.135 e. The van der Waals surface area contributed by atoms with Crippen molar-refractivity contribution in [2.45, 2.75) is 26.8 Å². The summed E-state index contributed by atoms with van der Waals surface area (Å²) in [6, 6.07) is 1.91. The van der Waals surface area contributed by atoms with Gasteiger partial charge in [0.25, 0.3) is 0 Å². The first-order chi connectivity index (χ1) is 10.7. The zero-order valence-corrected chi connectivity index (χ0v) is 12.7. The van der Waals surface area contributed by atoms with Crippen LogP contribution < -0.4 is 11.1 Å². The number of fused-ring (bicyclic) bond motifs is 1. The molecule has 0 aliphatic heterocycles. The van der Waals surface area contributed by atoms with Crippen LogP contribution in [0.3, 0.4) is 0 Å². The lowest BCUT2D eigenvalue weighted by Crippen LogP contribution is -2.13. The number of hydrogen-bond acceptors (Lipinski definition) is 6. The largest absolute Gasteiger partial charge is 0.383 e. The van der Waals surface area contributed by atoms with E-state index >= 15 is 0 Å². The summed E-state index contributed by atoms with van der Waals surface area (Å²) in [7, 11) is 0. The number of nitrogens with one attached hydrogen (secondary N) is 1. The topological polar surface area (TPSA) is 94.5 Å². The van der Waals surface area contributed by atoms with Crippen molar-refractivity contribution >= 4 is 22.5 Å². The van der Waals surface area contributed by atoms with Crippen molar-refractivity contribution in [3.63, 3.8) is 0 Å². The van der Waals surface area contributed by atoms with Crippen molar-refractivity contribution in [2.24, 2.45) is 0 Å². The van der Waals surface area contributed by atoms with E-state index in [0.29, 0.717) is 11.6 Å². The van der Waals surface area contributed by atoms with Gasteiger partial charge in [-0.3, -0.25) is 4.68 Å². The molecule has 0 radical (unpaired) electrons. The van der Waals surface area contributed by atoms with Gasteiger partial charge < -0.3 is 11.1 Å². The Morgan fingerprint density at radius 3 is 2.91 bits per heavy atom. The van der Waals surface area contributed by atoms with E-state index in [0.717, 1.165) is 41.8 Å². The van der Waals surface area contributed by atoms with Crippen LogP contribution in [0.2, 0.25) is 0 Å². The molecule has 0 fully saturated rings. The van der Waals surface area contributed by atoms with Crippen LogP contribution in [0, 0.1) is 6.92 Å². The lowest BCUT2D eigenvalue weighted by Gasteiger charge is -2.13. The molecule has 3 aromatic rings. The fourth-order valence-corrected chi connectivity index (χ4v) is 2.56. The number of rotatable bonds is 5. The van der Waals surface area contributed by atoms with E-state index < -0.39 is 0 Å². The molecule has 3 rings (SSSR count). The van der Waals surface area contributed by atoms with Crippen molar-refractivity contribution in [3.8, 4) is 0 Å². The van der Waals surface area contributed by atoms with Crippen LogP contribution in [0.25, 0.3) is 10.9 Å². The van der Waals surface area contributed by atoms with E-state index in [2.05, 4.69) is 32.3 Å². The first-order valence-electron chi connectivity index (χ1n) is 7.32. The monoisotopic (exact) mass is 297 g/mol. The van der Waals surface area contributed by atoms with E-state index in [1.54, 1.807) is 12.4 Å². The summed E-state index contributed by atoms with van der Waals surface area (Å²) in [6.07, 6.45) is 6.26. The van der Waals surface area contributed by atoms with Gasteiger partial charge in [-0.1, -0.05) is 6.92 Å². The molecule has 3 aromatic heterocycles. The van der Waals surface area contributed by atoms with Crippen LogP contribution in [-0.2, 0) is 13.0 Å². The highest BCUT2D eigenvalue weighted by Crippen LogP contribution is 2.27. The molecule has 22 heavy (non-hydrogen) atoms. The third-order valence-corrected chi connectivity index (χ3v) is 3.53. The third-order valence-electron chi connectivity index (χ3n) is 3.53. The molecule has 0 bridgehead atoms. The predicted molar refractivity (Wildman–Crippen MR) is 86.6 cm³/mol. The number of hydrogen-bond donors (Lipinski definition) is 2. The summed E-state index contributed by atoms with van der Waals surface area (Å²) in [6.45, 7) is 5.42. The minimum atomic E-state index is 0.511. The second kappa shape index (κ2) is 5.97. The number of aryl methyl sites for hydroxylation is 2. The van der Waals surface area contributed by atoms with Crippen molar-refractivity contribution in [1.82, 2.24) is 24.7 Å². The van der Waals surface area contributed by atoms with Crippen LogP contribution in [-0.4, -0.2) is 31.3 Å². The van der Waals surface area contributed by atoms with Gasteiger partial charge in [-0.2, -0.15) is 5.10 Å². The molecular weight excluding hydrogens is 278 g/mol. The molecule has 0 unspecified atom stereocenters. The van der Waals surface area contributed by atoms with Crippen molar-refractivity contribution < 1.29 is 0 Å². The summed E-state index contributed by atoms with van der Waals surface area (Å²) in [4.78, 5) is 13.2. The molecule has 0 aliphatic rings. The van der Waals surface area contributed by atoms with E-state index in [1.807, 2.05) is 23.9 Å². The standard InChI is InChI=1S/C15H19N7/c1-3-11-13-12(20-10(2)21-14(13)16)9-18-15(11)17-6-8-22-7-4-5-19-22/h4-5,7,9H,3,6,8H2,1-2H3,(H,17,18)(H2,16,20,21). The van der Waals surface area contributed by atoms with Gasteiger partial charge in [-0.25, -0.2) is 15.0 Å². The average molecular weight is 297 g/mol. The highest BCUT2D eigenvalue weighted by molar-refractivity contribution is 5.93. The summed E-state index contributed by atoms with van der Waals surface area (Å²) in [5.41, 5.74) is 7.93. The number of anilines is 2. The number of aromatic nitrogens is 5. The third kappa shape index (κ3) is 2.69. The average Bonchev–Trinajstić information content (AvgIpc) is 3.00. The zero-order chi connectivity index (χ0) is 15.5. The molecule has 114 valence electrons. The molecule has 0 atom stereocenters. The summed E-state index contributed by atoms with van der Waals surface area (Å²) < 4.78 is 1.88. The Bertz CT molecular complexity index is 780. The van der Waals surface area contributed by atoms with E-state index in [4.69, 9.17) is 5.73 Å². The summed E-state index contributed by atoms with van der Waals surface area (Å²) in [5.74, 6) is 2.01. The normalized spacial score (nSPS) is 11.0. The first-order valence-corrected chi connectivity index (χ1v) is 7.32. The van der Waals surface area contributed by atoms with Gasteiger partial charge in [-0.15, -0.1) is 0 Å². The minimum absolute atomic E-state index is 0.511. The Kier molecular flexibility index (Phi) is 3.86. The van der Waals surface area contributed by atoms with Crippen molar-refractivity contribution in [3.05, 3.63) is 36.0 Å². The maximum atomic E-state index is 6.09. The second-order valence-electron chi connectivity index (χ2n) is 5.05. The quantitative estimate of drug-likeness (QED) is 0.745. The Hall–Kier alpha value is -2.70. The second-order valence-corrected chi connectivity index (χ2v) is 5.05. The van der Waals surface area contributed by atoms with Crippen LogP contribution in [0.5, 0.6) is 0 Å². The SMILES string of the molecule is CCc1c(NCCn2cccn2)ncc2nc(C)nc(N)c12. The Labute approximate surface area is 128 Å². The molecule has 3 heterocycles. The highest BCUT2D eigenvalue weighted by atomic mass is 15.3. The number of pyridine rings is 1. The molecule has 0 spiro atoms. The van der Waals surface area contributed by atoms with E-state index in [1.165, 1.54) is 0 Å². The molecule has 7 nitrogen and oxygen atoms in total. The molecule has 0 amide bonds. The van der Waals surface area contributed by atoms with Crippen molar-refractivity contribution in [2.75, 3.05) is 17.6 Å². The molecule has 7 heteroatoms. The molecule has 0 aliphatic carbocycles. The molecule has 0 aromatic carbocycles. The van der Waals surface area contributed by atoms with Gasteiger partial charge in [0, 0.05) is 24.5 Å². The molecule has 0 saturated heterocycles. The van der Waals surface area contributed by atoms with Crippen molar-refractivity contribution in [1.29, 1.82) is 0 Å². The van der Waals surface area contributed by atoms with Gasteiger partial charge >= 0.3 is 0 Å². The van der Waals surface area contributed by atoms with Crippen LogP contribution in [0.1, 0.15) is 18.3 Å². The number of nitrogen functional groups attached to an aromatic ring is 1. The Morgan fingerprint density at radius 1 is 1.32 bits per heavy atom. The van der Waals surface area contributed by atoms with E-state index in [-0.39, 0.29) is 0 Å². The van der Waals surface area contributed by atoms with Gasteiger partial charge in [0.2, 0.25) is 0 Å². The maximum absolute atomic E-state index is 6.09. The van der Waals surface area contributed by atoms with Crippen LogP contribution >= 0.6 is 0 Å². The fourth-order valence-electron chi connectivity index (χ4n) is 2.56. The van der Waals surface area contributed by atoms with Gasteiger partial charge in [0.05, 0.1) is 23.6 Å². The summed E-state index contributed by atoms with van der Waals surface area (Å²) in [5, 5.41) is 8.43. The maximum Gasteiger partial charge on any atom is 0.135 e. The minimum Gasteiger partial charge on any atom is -0.383 e. The van der Waals surface area contributed by atoms with Crippen LogP contribution in [0.15, 0.2) is 24.7 Å². The predicted octanol–water partition coefficient (Wildman–Crippen LogP) is 1.79. The summed E-state index contributed by atoms with van der Waals surface area (Å²) >= 11 is 0. The first kappa shape index (κ1) is 14.2. The lowest BCUT2D eigenvalue weighted by molar-refractivity contribution is 0.637. The Balaban J connectivity index is 1.89. The molecule has 0 saturated carbocycles. The van der Waals surface area contributed by atoms with Crippen LogP contribution in [0.4, 0.5) is 11.6 Å². The zero-order valence-electron chi connectivity index (χ0n) is 12.7. The molecule has 3 N–H and O–H groups in total. The highest BCUT2D eigenvalue weighted by Gasteiger charge is 2.12. The van der Waals surface area contributed by atoms with Gasteiger partial charge in [-0.05, 0) is 19.4 Å².